The number of aliphatic hydroxyl groups excluding tert-OH is 10. The molecule has 10 N–H and O–H groups in total. The van der Waals surface area contributed by atoms with E-state index in [-0.39, 0.29) is 12.2 Å². The summed E-state index contributed by atoms with van der Waals surface area (Å²) in [5.41, 5.74) is 0. The Morgan fingerprint density at radius 1 is 0.568 bits per heavy atom. The Bertz CT molecular complexity index is 735. The van der Waals surface area contributed by atoms with Crippen molar-refractivity contribution in [3.05, 3.63) is 0 Å². The van der Waals surface area contributed by atoms with Gasteiger partial charge in [-0.25, -0.2) is 0 Å². The standard InChI is InChI=1S/C21H36O16/c1-6(25)2-7-11(26)14(29)18(9(4-23)33-7)36-21-17(32)15(30)19(10(5-24)35-21)37-20-16(31)13(28)12(27)8(3-22)34-20/h7-24,26-32H,2-5H2,1H3/t7-,8?,9?,10?,11?,12-,13?,14?,15?,16?,17?,18+,19+,20+,21+/m0/s1. The van der Waals surface area contributed by atoms with Crippen molar-refractivity contribution in [3.63, 3.8) is 0 Å². The van der Waals surface area contributed by atoms with Crippen molar-refractivity contribution in [1.29, 1.82) is 0 Å². The predicted molar refractivity (Wildman–Crippen MR) is 114 cm³/mol. The summed E-state index contributed by atoms with van der Waals surface area (Å²) >= 11 is 0. The minimum atomic E-state index is -1.91. The Labute approximate surface area is 211 Å². The van der Waals surface area contributed by atoms with Crippen LogP contribution in [0.25, 0.3) is 0 Å². The molecular weight excluding hydrogens is 508 g/mol. The topological polar surface area (TPSA) is 266 Å². The first kappa shape index (κ1) is 30.6. The highest BCUT2D eigenvalue weighted by Crippen LogP contribution is 2.32. The summed E-state index contributed by atoms with van der Waals surface area (Å²) in [6.07, 6.45) is -24.3. The Morgan fingerprint density at radius 2 is 0.973 bits per heavy atom. The monoisotopic (exact) mass is 544 g/mol. The molecule has 216 valence electrons. The summed E-state index contributed by atoms with van der Waals surface area (Å²) in [4.78, 5) is 11.4. The Hall–Kier alpha value is -0.930. The van der Waals surface area contributed by atoms with Gasteiger partial charge in [-0.15, -0.1) is 0 Å². The predicted octanol–water partition coefficient (Wildman–Crippen LogP) is -6.54. The van der Waals surface area contributed by atoms with Crippen molar-refractivity contribution in [2.45, 2.75) is 105 Å². The van der Waals surface area contributed by atoms with E-state index in [9.17, 15) is 55.9 Å². The van der Waals surface area contributed by atoms with Gasteiger partial charge in [0.15, 0.2) is 12.6 Å². The summed E-state index contributed by atoms with van der Waals surface area (Å²) < 4.78 is 27.2. The first-order valence-electron chi connectivity index (χ1n) is 11.8. The van der Waals surface area contributed by atoms with E-state index in [4.69, 9.17) is 23.7 Å². The number of carbonyl (C=O) groups excluding carboxylic acids is 1. The Morgan fingerprint density at radius 3 is 1.46 bits per heavy atom. The second-order valence-corrected chi connectivity index (χ2v) is 9.39. The lowest BCUT2D eigenvalue weighted by atomic mass is 9.92. The number of Topliss-reactive ketones (excluding diaryl/α,β-unsaturated/α-hetero) is 1. The van der Waals surface area contributed by atoms with Crippen molar-refractivity contribution in [3.8, 4) is 0 Å². The Balaban J connectivity index is 1.71. The molecule has 0 aromatic carbocycles. The number of carbonyl (C=O) groups is 1. The normalized spacial score (nSPS) is 49.1. The molecule has 0 aliphatic carbocycles. The fourth-order valence-electron chi connectivity index (χ4n) is 4.61. The van der Waals surface area contributed by atoms with Crippen LogP contribution in [0, 0.1) is 0 Å². The van der Waals surface area contributed by atoms with E-state index in [1.54, 1.807) is 0 Å². The molecule has 37 heavy (non-hydrogen) atoms. The smallest absolute Gasteiger partial charge is 0.187 e. The fraction of sp³-hybridized carbons (Fsp3) is 0.952. The largest absolute Gasteiger partial charge is 0.394 e. The third-order valence-electron chi connectivity index (χ3n) is 6.70. The van der Waals surface area contributed by atoms with Gasteiger partial charge in [-0.05, 0) is 6.92 Å². The maximum Gasteiger partial charge on any atom is 0.187 e. The van der Waals surface area contributed by atoms with Gasteiger partial charge in [-0.3, -0.25) is 4.79 Å². The highest BCUT2D eigenvalue weighted by Gasteiger charge is 2.53. The zero-order chi connectivity index (χ0) is 27.6. The maximum absolute atomic E-state index is 11.4. The number of hydrogen-bond acceptors (Lipinski definition) is 16. The summed E-state index contributed by atoms with van der Waals surface area (Å²) in [5.74, 6) is -0.335. The van der Waals surface area contributed by atoms with Crippen molar-refractivity contribution in [2.24, 2.45) is 0 Å². The summed E-state index contributed by atoms with van der Waals surface area (Å²) in [5, 5.41) is 101. The molecule has 0 radical (unpaired) electrons. The van der Waals surface area contributed by atoms with Gasteiger partial charge in [0.2, 0.25) is 0 Å². The first-order chi connectivity index (χ1) is 17.4. The van der Waals surface area contributed by atoms with Gasteiger partial charge < -0.3 is 74.7 Å². The van der Waals surface area contributed by atoms with Crippen LogP contribution in [-0.2, 0) is 28.5 Å². The van der Waals surface area contributed by atoms with Gasteiger partial charge >= 0.3 is 0 Å². The minimum absolute atomic E-state index is 0.244. The van der Waals surface area contributed by atoms with Crippen LogP contribution in [0.2, 0.25) is 0 Å². The van der Waals surface area contributed by atoms with Crippen LogP contribution in [0.4, 0.5) is 0 Å². The first-order valence-corrected chi connectivity index (χ1v) is 11.8. The molecule has 0 aromatic heterocycles. The molecular formula is C21H36O16. The van der Waals surface area contributed by atoms with Crippen LogP contribution in [-0.4, -0.2) is 169 Å². The molecule has 16 heteroatoms. The molecule has 0 amide bonds. The Kier molecular flexibility index (Phi) is 10.7. The molecule has 15 atom stereocenters. The summed E-state index contributed by atoms with van der Waals surface area (Å²) in [6, 6.07) is 0. The van der Waals surface area contributed by atoms with E-state index in [1.807, 2.05) is 0 Å². The fourth-order valence-corrected chi connectivity index (χ4v) is 4.61. The van der Waals surface area contributed by atoms with E-state index in [0.29, 0.717) is 0 Å². The number of ketones is 1. The van der Waals surface area contributed by atoms with Crippen LogP contribution in [0.1, 0.15) is 13.3 Å². The van der Waals surface area contributed by atoms with E-state index in [0.717, 1.165) is 0 Å². The zero-order valence-electron chi connectivity index (χ0n) is 19.9. The zero-order valence-corrected chi connectivity index (χ0v) is 19.9. The summed E-state index contributed by atoms with van der Waals surface area (Å²) in [7, 11) is 0. The van der Waals surface area contributed by atoms with Gasteiger partial charge in [0.25, 0.3) is 0 Å². The van der Waals surface area contributed by atoms with Gasteiger partial charge in [-0.1, -0.05) is 0 Å². The van der Waals surface area contributed by atoms with Crippen LogP contribution in [0.15, 0.2) is 0 Å². The van der Waals surface area contributed by atoms with Gasteiger partial charge in [0, 0.05) is 6.42 Å². The van der Waals surface area contributed by atoms with E-state index < -0.39 is 112 Å². The van der Waals surface area contributed by atoms with Crippen molar-refractivity contribution < 1.29 is 79.5 Å². The molecule has 16 nitrogen and oxygen atoms in total. The van der Waals surface area contributed by atoms with E-state index in [2.05, 4.69) is 0 Å². The number of hydrogen-bond donors (Lipinski definition) is 10. The molecule has 3 heterocycles. The highest BCUT2D eigenvalue weighted by molar-refractivity contribution is 5.76. The summed E-state index contributed by atoms with van der Waals surface area (Å²) in [6.45, 7) is -1.01. The molecule has 9 unspecified atom stereocenters. The van der Waals surface area contributed by atoms with Gasteiger partial charge in [0.05, 0.1) is 25.9 Å². The molecule has 3 rings (SSSR count). The molecule has 3 aliphatic heterocycles. The molecule has 3 fully saturated rings. The minimum Gasteiger partial charge on any atom is -0.394 e. The van der Waals surface area contributed by atoms with E-state index in [1.165, 1.54) is 6.92 Å². The molecule has 3 aliphatic rings. The maximum atomic E-state index is 11.4. The number of aliphatic hydroxyl groups is 10. The third-order valence-corrected chi connectivity index (χ3v) is 6.70. The van der Waals surface area contributed by atoms with Crippen molar-refractivity contribution in [1.82, 2.24) is 0 Å². The molecule has 3 saturated heterocycles. The van der Waals surface area contributed by atoms with Crippen molar-refractivity contribution >= 4 is 5.78 Å². The number of rotatable bonds is 9. The number of ether oxygens (including phenoxy) is 5. The SMILES string of the molecule is CC(=O)C[C@@H]1OC(CO)[C@@H](O[C@H]2OC(CO)[C@@H](O[C@H]3OC(CO)[C@H](O)C(O)C3O)C(O)C2O)C(O)C1O. The highest BCUT2D eigenvalue weighted by atomic mass is 16.7. The van der Waals surface area contributed by atoms with Crippen LogP contribution in [0.3, 0.4) is 0 Å². The van der Waals surface area contributed by atoms with Gasteiger partial charge in [0.1, 0.15) is 79.0 Å². The van der Waals surface area contributed by atoms with Crippen LogP contribution >= 0.6 is 0 Å². The second-order valence-electron chi connectivity index (χ2n) is 9.39. The second kappa shape index (κ2) is 12.9. The molecule has 0 spiro atoms. The lowest BCUT2D eigenvalue weighted by Crippen LogP contribution is -2.66. The third kappa shape index (κ3) is 6.46. The average Bonchev–Trinajstić information content (AvgIpc) is 2.87. The quantitative estimate of drug-likeness (QED) is 0.129. The van der Waals surface area contributed by atoms with E-state index >= 15 is 0 Å². The average molecular weight is 545 g/mol. The van der Waals surface area contributed by atoms with Crippen LogP contribution < -0.4 is 0 Å². The molecule has 0 saturated carbocycles. The van der Waals surface area contributed by atoms with Crippen LogP contribution in [0.5, 0.6) is 0 Å². The van der Waals surface area contributed by atoms with Crippen molar-refractivity contribution in [2.75, 3.05) is 19.8 Å². The lowest BCUT2D eigenvalue weighted by Gasteiger charge is -2.48. The van der Waals surface area contributed by atoms with Gasteiger partial charge in [-0.2, -0.15) is 0 Å². The molecule has 0 aromatic rings. The lowest BCUT2D eigenvalue weighted by molar-refractivity contribution is -0.372. The molecule has 0 bridgehead atoms.